The fourth-order valence-corrected chi connectivity index (χ4v) is 3.80. The number of nitrogens with zero attached hydrogens (tertiary/aromatic N) is 1. The van der Waals surface area contributed by atoms with Gasteiger partial charge in [-0.1, -0.05) is 43.0 Å². The zero-order valence-corrected chi connectivity index (χ0v) is 14.9. The van der Waals surface area contributed by atoms with Crippen molar-refractivity contribution in [1.29, 1.82) is 0 Å². The average molecular weight is 364 g/mol. The first-order valence-electron chi connectivity index (χ1n) is 8.60. The Kier molecular flexibility index (Phi) is 4.99. The number of carbonyl (C=O) groups is 3. The quantitative estimate of drug-likeness (QED) is 0.807. The second-order valence-corrected chi connectivity index (χ2v) is 7.24. The summed E-state index contributed by atoms with van der Waals surface area (Å²) in [5.74, 6) is -0.647. The number of halogens is 1. The van der Waals surface area contributed by atoms with Crippen LogP contribution in [-0.2, 0) is 9.59 Å². The zero-order valence-electron chi connectivity index (χ0n) is 14.2. The zero-order chi connectivity index (χ0) is 18.0. The molecule has 0 aromatic heterocycles. The van der Waals surface area contributed by atoms with E-state index in [4.69, 9.17) is 11.6 Å². The molecule has 134 valence electrons. The smallest absolute Gasteiger partial charge is 0.325 e. The van der Waals surface area contributed by atoms with Crippen LogP contribution in [0.1, 0.15) is 50.6 Å². The average Bonchev–Trinajstić information content (AvgIpc) is 2.79. The van der Waals surface area contributed by atoms with Crippen LogP contribution < -0.4 is 10.6 Å². The summed E-state index contributed by atoms with van der Waals surface area (Å²) in [5.41, 5.74) is 0.0653. The molecule has 1 atom stereocenters. The number of rotatable bonds is 4. The van der Waals surface area contributed by atoms with Crippen LogP contribution in [0, 0.1) is 0 Å². The number of amides is 4. The van der Waals surface area contributed by atoms with Crippen LogP contribution in [0.4, 0.5) is 4.79 Å². The third kappa shape index (κ3) is 3.63. The molecule has 6 nitrogen and oxygen atoms in total. The summed E-state index contributed by atoms with van der Waals surface area (Å²) in [7, 11) is 0. The Morgan fingerprint density at radius 3 is 2.72 bits per heavy atom. The Balaban J connectivity index is 1.62. The predicted octanol–water partition coefficient (Wildman–Crippen LogP) is 2.77. The molecule has 1 saturated carbocycles. The third-order valence-electron chi connectivity index (χ3n) is 4.98. The summed E-state index contributed by atoms with van der Waals surface area (Å²) in [5, 5.41) is 6.21. The van der Waals surface area contributed by atoms with E-state index in [9.17, 15) is 14.4 Å². The molecule has 0 radical (unpaired) electrons. The number of imide groups is 1. The summed E-state index contributed by atoms with van der Waals surface area (Å²) < 4.78 is 0. The van der Waals surface area contributed by atoms with Crippen molar-refractivity contribution in [3.8, 4) is 0 Å². The first kappa shape index (κ1) is 17.7. The van der Waals surface area contributed by atoms with E-state index >= 15 is 0 Å². The van der Waals surface area contributed by atoms with Crippen molar-refractivity contribution in [2.45, 2.75) is 50.6 Å². The highest BCUT2D eigenvalue weighted by Gasteiger charge is 2.51. The highest BCUT2D eigenvalue weighted by molar-refractivity contribution is 6.30. The molecule has 4 amide bonds. The van der Waals surface area contributed by atoms with Crippen molar-refractivity contribution < 1.29 is 14.4 Å². The van der Waals surface area contributed by atoms with E-state index < -0.39 is 11.6 Å². The van der Waals surface area contributed by atoms with Crippen molar-refractivity contribution in [3.63, 3.8) is 0 Å². The molecule has 3 rings (SSSR count). The minimum atomic E-state index is -0.797. The molecule has 1 aliphatic heterocycles. The second-order valence-electron chi connectivity index (χ2n) is 6.81. The van der Waals surface area contributed by atoms with Gasteiger partial charge in [0.1, 0.15) is 12.1 Å². The maximum absolute atomic E-state index is 12.7. The molecule has 1 unspecified atom stereocenters. The van der Waals surface area contributed by atoms with Gasteiger partial charge in [0.15, 0.2) is 0 Å². The van der Waals surface area contributed by atoms with Crippen molar-refractivity contribution >= 4 is 29.4 Å². The van der Waals surface area contributed by atoms with Crippen LogP contribution in [0.5, 0.6) is 0 Å². The van der Waals surface area contributed by atoms with Crippen LogP contribution in [0.15, 0.2) is 24.3 Å². The Bertz CT molecular complexity index is 701. The molecule has 1 heterocycles. The maximum Gasteiger partial charge on any atom is 0.325 e. The first-order chi connectivity index (χ1) is 11.9. The predicted molar refractivity (Wildman–Crippen MR) is 94.1 cm³/mol. The van der Waals surface area contributed by atoms with Gasteiger partial charge in [0.25, 0.3) is 5.91 Å². The molecule has 7 heteroatoms. The molecule has 2 fully saturated rings. The summed E-state index contributed by atoms with van der Waals surface area (Å²) in [6.07, 6.45) is 4.20. The van der Waals surface area contributed by atoms with Gasteiger partial charge in [-0.2, -0.15) is 0 Å². The van der Waals surface area contributed by atoms with Crippen LogP contribution in [0.2, 0.25) is 5.02 Å². The Morgan fingerprint density at radius 2 is 2.04 bits per heavy atom. The number of benzene rings is 1. The third-order valence-corrected chi connectivity index (χ3v) is 5.22. The van der Waals surface area contributed by atoms with Gasteiger partial charge in [-0.3, -0.25) is 14.5 Å². The molecule has 1 saturated heterocycles. The van der Waals surface area contributed by atoms with Gasteiger partial charge >= 0.3 is 6.03 Å². The van der Waals surface area contributed by atoms with Gasteiger partial charge in [-0.05, 0) is 37.5 Å². The lowest BCUT2D eigenvalue weighted by molar-refractivity contribution is -0.136. The first-order valence-corrected chi connectivity index (χ1v) is 8.98. The van der Waals surface area contributed by atoms with Crippen LogP contribution in [0.3, 0.4) is 0 Å². The fourth-order valence-electron chi connectivity index (χ4n) is 3.60. The van der Waals surface area contributed by atoms with Crippen molar-refractivity contribution in [3.05, 3.63) is 34.9 Å². The maximum atomic E-state index is 12.7. The molecule has 25 heavy (non-hydrogen) atoms. The van der Waals surface area contributed by atoms with Gasteiger partial charge in [0, 0.05) is 5.02 Å². The minimum absolute atomic E-state index is 0.267. The lowest BCUT2D eigenvalue weighted by Crippen LogP contribution is -2.49. The molecule has 2 aliphatic rings. The highest BCUT2D eigenvalue weighted by Crippen LogP contribution is 2.33. The van der Waals surface area contributed by atoms with E-state index in [-0.39, 0.29) is 24.4 Å². The Hall–Kier alpha value is -2.08. The summed E-state index contributed by atoms with van der Waals surface area (Å²) in [6.45, 7) is 1.56. The Labute approximate surface area is 151 Å². The Morgan fingerprint density at radius 1 is 1.32 bits per heavy atom. The molecule has 1 spiro atoms. The van der Waals surface area contributed by atoms with E-state index in [2.05, 4.69) is 10.6 Å². The van der Waals surface area contributed by atoms with E-state index in [1.165, 1.54) is 0 Å². The number of urea groups is 1. The number of hydrogen-bond donors (Lipinski definition) is 2. The van der Waals surface area contributed by atoms with E-state index in [1.54, 1.807) is 12.1 Å². The van der Waals surface area contributed by atoms with Gasteiger partial charge in [0.05, 0.1) is 6.04 Å². The summed E-state index contributed by atoms with van der Waals surface area (Å²) in [4.78, 5) is 38.2. The van der Waals surface area contributed by atoms with E-state index in [1.807, 2.05) is 19.1 Å². The second kappa shape index (κ2) is 7.04. The standard InChI is InChI=1S/C18H22ClN3O3/c1-12(13-6-5-7-14(19)10-13)20-15(23)11-22-16(24)18(21-17(22)25)8-3-2-4-9-18/h5-7,10,12H,2-4,8-9,11H2,1H3,(H,20,23)(H,21,25). The van der Waals surface area contributed by atoms with Gasteiger partial charge in [-0.25, -0.2) is 4.79 Å². The monoisotopic (exact) mass is 363 g/mol. The number of nitrogens with one attached hydrogen (secondary N) is 2. The van der Waals surface area contributed by atoms with Crippen molar-refractivity contribution in [2.24, 2.45) is 0 Å². The molecule has 2 N–H and O–H groups in total. The number of hydrogen-bond acceptors (Lipinski definition) is 3. The van der Waals surface area contributed by atoms with Crippen LogP contribution >= 0.6 is 11.6 Å². The molecule has 1 aromatic carbocycles. The molecule has 1 aromatic rings. The van der Waals surface area contributed by atoms with Gasteiger partial charge in [0.2, 0.25) is 5.91 Å². The normalized spacial score (nSPS) is 20.5. The lowest BCUT2D eigenvalue weighted by atomic mass is 9.82. The highest BCUT2D eigenvalue weighted by atomic mass is 35.5. The largest absolute Gasteiger partial charge is 0.348 e. The minimum Gasteiger partial charge on any atom is -0.348 e. The molecule has 1 aliphatic carbocycles. The SMILES string of the molecule is CC(NC(=O)CN1C(=O)NC2(CCCCC2)C1=O)c1cccc(Cl)c1. The van der Waals surface area contributed by atoms with Crippen LogP contribution in [0.25, 0.3) is 0 Å². The molecular formula is C18H22ClN3O3. The van der Waals surface area contributed by atoms with E-state index in [0.29, 0.717) is 17.9 Å². The van der Waals surface area contributed by atoms with Crippen molar-refractivity contribution in [2.75, 3.05) is 6.54 Å². The molecular weight excluding hydrogens is 342 g/mol. The lowest BCUT2D eigenvalue weighted by Gasteiger charge is -2.30. The summed E-state index contributed by atoms with van der Waals surface area (Å²) in [6, 6.07) is 6.47. The topological polar surface area (TPSA) is 78.5 Å². The van der Waals surface area contributed by atoms with Gasteiger partial charge in [-0.15, -0.1) is 0 Å². The fraction of sp³-hybridized carbons (Fsp3) is 0.500. The van der Waals surface area contributed by atoms with Gasteiger partial charge < -0.3 is 10.6 Å². The van der Waals surface area contributed by atoms with Crippen LogP contribution in [-0.4, -0.2) is 34.8 Å². The van der Waals surface area contributed by atoms with Crippen molar-refractivity contribution in [1.82, 2.24) is 15.5 Å². The number of carbonyl (C=O) groups excluding carboxylic acids is 3. The summed E-state index contributed by atoms with van der Waals surface area (Å²) >= 11 is 5.97. The molecule has 0 bridgehead atoms. The van der Waals surface area contributed by atoms with E-state index in [0.717, 1.165) is 29.7 Å².